The van der Waals surface area contributed by atoms with Crippen molar-refractivity contribution in [2.45, 2.75) is 18.9 Å². The zero-order valence-electron chi connectivity index (χ0n) is 7.06. The van der Waals surface area contributed by atoms with Gasteiger partial charge in [0, 0.05) is 6.42 Å². The molecule has 0 saturated carbocycles. The zero-order chi connectivity index (χ0) is 9.26. The van der Waals surface area contributed by atoms with E-state index >= 15 is 0 Å². The molecule has 68 valence electrons. The van der Waals surface area contributed by atoms with Crippen LogP contribution in [0.1, 0.15) is 24.5 Å². The molecule has 1 saturated heterocycles. The van der Waals surface area contributed by atoms with Gasteiger partial charge in [-0.2, -0.15) is 0 Å². The predicted octanol–water partition coefficient (Wildman–Crippen LogP) is 1.77. The van der Waals surface area contributed by atoms with Gasteiger partial charge in [-0.25, -0.2) is 0 Å². The molecular weight excluding hydrogens is 168 g/mol. The Labute approximate surface area is 76.0 Å². The lowest BCUT2D eigenvalue weighted by Gasteiger charge is -2.08. The van der Waals surface area contributed by atoms with E-state index in [4.69, 9.17) is 4.74 Å². The summed E-state index contributed by atoms with van der Waals surface area (Å²) in [5.74, 6) is 0.0498. The molecule has 1 aromatic rings. The van der Waals surface area contributed by atoms with Crippen molar-refractivity contribution in [3.8, 4) is 5.75 Å². The number of carbonyl (C=O) groups excluding carboxylic acids is 1. The van der Waals surface area contributed by atoms with Crippen molar-refractivity contribution >= 4 is 5.97 Å². The molecule has 1 N–H and O–H groups in total. The van der Waals surface area contributed by atoms with E-state index in [1.54, 1.807) is 18.2 Å². The van der Waals surface area contributed by atoms with E-state index in [-0.39, 0.29) is 17.8 Å². The smallest absolute Gasteiger partial charge is 0.306 e. The first-order valence-corrected chi connectivity index (χ1v) is 4.24. The second-order valence-electron chi connectivity index (χ2n) is 3.11. The minimum atomic E-state index is -0.167. The van der Waals surface area contributed by atoms with E-state index < -0.39 is 0 Å². The number of benzene rings is 1. The summed E-state index contributed by atoms with van der Waals surface area (Å²) in [6.07, 6.45) is 1.02. The molecule has 0 bridgehead atoms. The summed E-state index contributed by atoms with van der Waals surface area (Å²) in [4.78, 5) is 10.8. The van der Waals surface area contributed by atoms with Gasteiger partial charge in [0.1, 0.15) is 11.9 Å². The fourth-order valence-electron chi connectivity index (χ4n) is 1.49. The first-order valence-electron chi connectivity index (χ1n) is 4.24. The Morgan fingerprint density at radius 2 is 2.31 bits per heavy atom. The maximum Gasteiger partial charge on any atom is 0.306 e. The molecule has 0 aliphatic carbocycles. The molecule has 0 aromatic heterocycles. The highest BCUT2D eigenvalue weighted by molar-refractivity contribution is 5.71. The Morgan fingerprint density at radius 3 is 2.92 bits per heavy atom. The van der Waals surface area contributed by atoms with Crippen LogP contribution < -0.4 is 0 Å². The number of phenolic OH excluding ortho intramolecular Hbond substituents is 1. The van der Waals surface area contributed by atoms with Crippen LogP contribution in [0.25, 0.3) is 0 Å². The molecule has 0 spiro atoms. The van der Waals surface area contributed by atoms with E-state index in [1.807, 2.05) is 6.07 Å². The van der Waals surface area contributed by atoms with Gasteiger partial charge in [-0.05, 0) is 24.1 Å². The van der Waals surface area contributed by atoms with Gasteiger partial charge in [0.05, 0.1) is 0 Å². The maximum atomic E-state index is 10.8. The second-order valence-corrected chi connectivity index (χ2v) is 3.11. The first-order chi connectivity index (χ1) is 6.25. The number of aromatic hydroxyl groups is 1. The highest BCUT2D eigenvalue weighted by Crippen LogP contribution is 2.30. The average Bonchev–Trinajstić information content (AvgIpc) is 2.52. The van der Waals surface area contributed by atoms with Crippen LogP contribution in [0.5, 0.6) is 5.75 Å². The maximum absolute atomic E-state index is 10.8. The second kappa shape index (κ2) is 3.09. The number of esters is 1. The molecule has 0 unspecified atom stereocenters. The molecular formula is C10H10O3. The highest BCUT2D eigenvalue weighted by atomic mass is 16.5. The number of carbonyl (C=O) groups is 1. The molecule has 1 fully saturated rings. The topological polar surface area (TPSA) is 46.5 Å². The lowest BCUT2D eigenvalue weighted by Crippen LogP contribution is -1.97. The lowest BCUT2D eigenvalue weighted by atomic mass is 10.1. The Balaban J connectivity index is 2.21. The number of phenols is 1. The molecule has 2 rings (SSSR count). The van der Waals surface area contributed by atoms with E-state index in [1.165, 1.54) is 0 Å². The van der Waals surface area contributed by atoms with Crippen LogP contribution in [0.2, 0.25) is 0 Å². The average molecular weight is 178 g/mol. The highest BCUT2D eigenvalue weighted by Gasteiger charge is 2.24. The van der Waals surface area contributed by atoms with Crippen LogP contribution in [0, 0.1) is 0 Å². The van der Waals surface area contributed by atoms with Crippen LogP contribution in [0.3, 0.4) is 0 Å². The van der Waals surface area contributed by atoms with Gasteiger partial charge in [0.2, 0.25) is 0 Å². The van der Waals surface area contributed by atoms with E-state index in [2.05, 4.69) is 0 Å². The van der Waals surface area contributed by atoms with Gasteiger partial charge < -0.3 is 9.84 Å². The van der Waals surface area contributed by atoms with Crippen molar-refractivity contribution in [1.82, 2.24) is 0 Å². The van der Waals surface area contributed by atoms with Crippen LogP contribution in [0.4, 0.5) is 0 Å². The van der Waals surface area contributed by atoms with Gasteiger partial charge in [-0.1, -0.05) is 12.1 Å². The molecule has 3 nitrogen and oxygen atoms in total. The summed E-state index contributed by atoms with van der Waals surface area (Å²) >= 11 is 0. The van der Waals surface area contributed by atoms with E-state index in [9.17, 15) is 9.90 Å². The monoisotopic (exact) mass is 178 g/mol. The molecule has 1 aliphatic heterocycles. The standard InChI is InChI=1S/C10H10O3/c11-8-3-1-2-7(6-8)9-4-5-10(12)13-9/h1-3,6,9,11H,4-5H2/t9-/m1/s1. The first kappa shape index (κ1) is 8.10. The van der Waals surface area contributed by atoms with E-state index in [0.29, 0.717) is 12.8 Å². The molecule has 1 aliphatic rings. The largest absolute Gasteiger partial charge is 0.508 e. The van der Waals surface area contributed by atoms with Gasteiger partial charge in [-0.15, -0.1) is 0 Å². The summed E-state index contributed by atoms with van der Waals surface area (Å²) < 4.78 is 5.05. The van der Waals surface area contributed by atoms with Crippen molar-refractivity contribution < 1.29 is 14.6 Å². The number of hydrogen-bond acceptors (Lipinski definition) is 3. The molecule has 1 heterocycles. The number of ether oxygens (including phenoxy) is 1. The summed E-state index contributed by atoms with van der Waals surface area (Å²) in [6.45, 7) is 0. The number of hydrogen-bond donors (Lipinski definition) is 1. The Kier molecular flexibility index (Phi) is 1.93. The van der Waals surface area contributed by atoms with Gasteiger partial charge in [0.15, 0.2) is 0 Å². The summed E-state index contributed by atoms with van der Waals surface area (Å²) in [6, 6.07) is 6.82. The lowest BCUT2D eigenvalue weighted by molar-refractivity contribution is -0.141. The van der Waals surface area contributed by atoms with E-state index in [0.717, 1.165) is 5.56 Å². The van der Waals surface area contributed by atoms with Crippen LogP contribution >= 0.6 is 0 Å². The summed E-state index contributed by atoms with van der Waals surface area (Å²) in [5.41, 5.74) is 0.867. The van der Waals surface area contributed by atoms with Crippen LogP contribution in [-0.2, 0) is 9.53 Å². The Bertz CT molecular complexity index is 333. The molecule has 1 aromatic carbocycles. The molecule has 0 amide bonds. The third-order valence-corrected chi connectivity index (χ3v) is 2.13. The van der Waals surface area contributed by atoms with Gasteiger partial charge >= 0.3 is 5.97 Å². The van der Waals surface area contributed by atoms with Crippen molar-refractivity contribution in [2.24, 2.45) is 0 Å². The minimum absolute atomic E-state index is 0.159. The van der Waals surface area contributed by atoms with Crippen molar-refractivity contribution in [3.05, 3.63) is 29.8 Å². The number of cyclic esters (lactones) is 1. The van der Waals surface area contributed by atoms with Gasteiger partial charge in [0.25, 0.3) is 0 Å². The normalized spacial score (nSPS) is 21.5. The van der Waals surface area contributed by atoms with Crippen molar-refractivity contribution in [3.63, 3.8) is 0 Å². The minimum Gasteiger partial charge on any atom is -0.508 e. The Hall–Kier alpha value is -1.51. The number of rotatable bonds is 1. The fourth-order valence-corrected chi connectivity index (χ4v) is 1.49. The third kappa shape index (κ3) is 1.64. The van der Waals surface area contributed by atoms with Crippen molar-refractivity contribution in [2.75, 3.05) is 0 Å². The quantitative estimate of drug-likeness (QED) is 0.666. The van der Waals surface area contributed by atoms with Gasteiger partial charge in [-0.3, -0.25) is 4.79 Å². The molecule has 1 atom stereocenters. The zero-order valence-corrected chi connectivity index (χ0v) is 7.06. The third-order valence-electron chi connectivity index (χ3n) is 2.13. The predicted molar refractivity (Wildman–Crippen MR) is 46.2 cm³/mol. The molecule has 3 heteroatoms. The van der Waals surface area contributed by atoms with Crippen LogP contribution in [-0.4, -0.2) is 11.1 Å². The SMILES string of the molecule is O=C1CC[C@H](c2cccc(O)c2)O1. The Morgan fingerprint density at radius 1 is 1.46 bits per heavy atom. The van der Waals surface area contributed by atoms with Crippen LogP contribution in [0.15, 0.2) is 24.3 Å². The summed E-state index contributed by atoms with van der Waals surface area (Å²) in [5, 5.41) is 9.20. The fraction of sp³-hybridized carbons (Fsp3) is 0.300. The molecule has 0 radical (unpaired) electrons. The summed E-state index contributed by atoms with van der Waals surface area (Å²) in [7, 11) is 0. The van der Waals surface area contributed by atoms with Crippen molar-refractivity contribution in [1.29, 1.82) is 0 Å². The molecule has 13 heavy (non-hydrogen) atoms.